The molecule has 0 aromatic heterocycles. The normalized spacial score (nSPS) is 23.0. The number of hydrogen-bond donors (Lipinski definition) is 0. The van der Waals surface area contributed by atoms with Crippen molar-refractivity contribution in [1.29, 1.82) is 0 Å². The van der Waals surface area contributed by atoms with Gasteiger partial charge in [0.2, 0.25) is 10.0 Å². The summed E-state index contributed by atoms with van der Waals surface area (Å²) < 4.78 is 38.6. The molecule has 1 aliphatic rings. The SMILES string of the molecule is COCCN1C(C)CN(S(=O)(=O)c2cc(C)c(C)cc2OC)CC1C. The number of rotatable bonds is 6. The van der Waals surface area contributed by atoms with Crippen molar-refractivity contribution >= 4 is 10.0 Å². The number of hydrogen-bond acceptors (Lipinski definition) is 5. The molecule has 0 saturated carbocycles. The molecule has 0 amide bonds. The summed E-state index contributed by atoms with van der Waals surface area (Å²) in [6.45, 7) is 10.4. The van der Waals surface area contributed by atoms with E-state index < -0.39 is 10.0 Å². The zero-order valence-electron chi connectivity index (χ0n) is 16.1. The van der Waals surface area contributed by atoms with Crippen molar-refractivity contribution in [3.8, 4) is 5.75 Å². The van der Waals surface area contributed by atoms with Crippen LogP contribution >= 0.6 is 0 Å². The van der Waals surface area contributed by atoms with Crippen molar-refractivity contribution in [2.24, 2.45) is 0 Å². The molecule has 1 aromatic rings. The third-order valence-corrected chi connectivity index (χ3v) is 6.87. The van der Waals surface area contributed by atoms with Crippen LogP contribution in [0.4, 0.5) is 0 Å². The van der Waals surface area contributed by atoms with Crippen molar-refractivity contribution in [1.82, 2.24) is 9.21 Å². The van der Waals surface area contributed by atoms with Crippen LogP contribution in [0.1, 0.15) is 25.0 Å². The first kappa shape index (κ1) is 20.2. The van der Waals surface area contributed by atoms with Crippen LogP contribution in [0.5, 0.6) is 5.75 Å². The highest BCUT2D eigenvalue weighted by atomic mass is 32.2. The standard InChI is InChI=1S/C18H30N2O4S/c1-13-9-17(24-6)18(10-14(13)2)25(21,22)19-11-15(3)20(7-8-23-5)16(4)12-19/h9-10,15-16H,7-8,11-12H2,1-6H3. The molecule has 0 N–H and O–H groups in total. The van der Waals surface area contributed by atoms with Gasteiger partial charge in [-0.1, -0.05) is 0 Å². The molecule has 1 aromatic carbocycles. The Kier molecular flexibility index (Phi) is 6.48. The highest BCUT2D eigenvalue weighted by molar-refractivity contribution is 7.89. The van der Waals surface area contributed by atoms with Gasteiger partial charge in [-0.3, -0.25) is 4.90 Å². The van der Waals surface area contributed by atoms with E-state index in [1.807, 2.05) is 13.8 Å². The molecule has 7 heteroatoms. The fraction of sp³-hybridized carbons (Fsp3) is 0.667. The summed E-state index contributed by atoms with van der Waals surface area (Å²) in [5.41, 5.74) is 1.96. The number of methoxy groups -OCH3 is 2. The first-order chi connectivity index (χ1) is 11.7. The van der Waals surface area contributed by atoms with Crippen LogP contribution in [0.15, 0.2) is 17.0 Å². The Labute approximate surface area is 151 Å². The Bertz CT molecular complexity index is 693. The van der Waals surface area contributed by atoms with Crippen LogP contribution in [-0.4, -0.2) is 70.2 Å². The topological polar surface area (TPSA) is 59.1 Å². The molecule has 1 heterocycles. The second kappa shape index (κ2) is 8.03. The smallest absolute Gasteiger partial charge is 0.246 e. The third-order valence-electron chi connectivity index (χ3n) is 5.02. The Morgan fingerprint density at radius 1 is 1.08 bits per heavy atom. The van der Waals surface area contributed by atoms with Crippen molar-refractivity contribution in [3.63, 3.8) is 0 Å². The van der Waals surface area contributed by atoms with Gasteiger partial charge in [0.15, 0.2) is 0 Å². The van der Waals surface area contributed by atoms with E-state index in [1.165, 1.54) is 7.11 Å². The van der Waals surface area contributed by atoms with E-state index in [0.717, 1.165) is 17.7 Å². The van der Waals surface area contributed by atoms with Gasteiger partial charge in [0.25, 0.3) is 0 Å². The van der Waals surface area contributed by atoms with Gasteiger partial charge in [0.1, 0.15) is 10.6 Å². The van der Waals surface area contributed by atoms with Crippen molar-refractivity contribution < 1.29 is 17.9 Å². The predicted molar refractivity (Wildman–Crippen MR) is 98.7 cm³/mol. The largest absolute Gasteiger partial charge is 0.495 e. The molecule has 6 nitrogen and oxygen atoms in total. The Morgan fingerprint density at radius 2 is 1.64 bits per heavy atom. The molecular weight excluding hydrogens is 340 g/mol. The van der Waals surface area contributed by atoms with E-state index in [9.17, 15) is 8.42 Å². The van der Waals surface area contributed by atoms with Gasteiger partial charge >= 0.3 is 0 Å². The zero-order valence-corrected chi connectivity index (χ0v) is 16.9. The lowest BCUT2D eigenvalue weighted by atomic mass is 10.1. The third kappa shape index (κ3) is 4.16. The van der Waals surface area contributed by atoms with Crippen molar-refractivity contribution in [2.45, 2.75) is 44.7 Å². The summed E-state index contributed by atoms with van der Waals surface area (Å²) in [5, 5.41) is 0. The molecule has 142 valence electrons. The lowest BCUT2D eigenvalue weighted by Crippen LogP contribution is -2.58. The number of piperazine rings is 1. The zero-order chi connectivity index (χ0) is 18.8. The monoisotopic (exact) mass is 370 g/mol. The van der Waals surface area contributed by atoms with Crippen molar-refractivity contribution in [2.75, 3.05) is 40.5 Å². The van der Waals surface area contributed by atoms with Gasteiger partial charge in [-0.2, -0.15) is 4.31 Å². The summed E-state index contributed by atoms with van der Waals surface area (Å²) in [7, 11) is -0.410. The van der Waals surface area contributed by atoms with Gasteiger partial charge in [0.05, 0.1) is 13.7 Å². The lowest BCUT2D eigenvalue weighted by Gasteiger charge is -2.43. The minimum absolute atomic E-state index is 0.131. The van der Waals surface area contributed by atoms with E-state index in [4.69, 9.17) is 9.47 Å². The molecule has 2 atom stereocenters. The summed E-state index contributed by atoms with van der Waals surface area (Å²) in [5.74, 6) is 0.408. The molecule has 2 rings (SSSR count). The molecule has 25 heavy (non-hydrogen) atoms. The average Bonchev–Trinajstić information content (AvgIpc) is 2.55. The maximum Gasteiger partial charge on any atom is 0.246 e. The van der Waals surface area contributed by atoms with E-state index in [1.54, 1.807) is 23.5 Å². The van der Waals surface area contributed by atoms with Gasteiger partial charge in [0, 0.05) is 38.8 Å². The van der Waals surface area contributed by atoms with Gasteiger partial charge < -0.3 is 9.47 Å². The van der Waals surface area contributed by atoms with Crippen LogP contribution < -0.4 is 4.74 Å². The number of sulfonamides is 1. The van der Waals surface area contributed by atoms with Crippen LogP contribution in [-0.2, 0) is 14.8 Å². The molecule has 2 unspecified atom stereocenters. The number of benzene rings is 1. The summed E-state index contributed by atoms with van der Waals surface area (Å²) in [6, 6.07) is 3.78. The van der Waals surface area contributed by atoms with Crippen LogP contribution in [0.3, 0.4) is 0 Å². The lowest BCUT2D eigenvalue weighted by molar-refractivity contribution is 0.0495. The number of aryl methyl sites for hydroxylation is 2. The highest BCUT2D eigenvalue weighted by Gasteiger charge is 2.37. The van der Waals surface area contributed by atoms with Gasteiger partial charge in [-0.25, -0.2) is 8.42 Å². The Hall–Kier alpha value is -1.15. The second-order valence-corrected chi connectivity index (χ2v) is 8.74. The van der Waals surface area contributed by atoms with Gasteiger partial charge in [-0.05, 0) is 51.0 Å². The molecule has 1 aliphatic heterocycles. The molecular formula is C18H30N2O4S. The fourth-order valence-corrected chi connectivity index (χ4v) is 5.23. The van der Waals surface area contributed by atoms with E-state index >= 15 is 0 Å². The van der Waals surface area contributed by atoms with E-state index in [2.05, 4.69) is 18.7 Å². The maximum atomic E-state index is 13.2. The summed E-state index contributed by atoms with van der Waals surface area (Å²) in [6.07, 6.45) is 0. The van der Waals surface area contributed by atoms with Crippen LogP contribution in [0.25, 0.3) is 0 Å². The molecule has 0 bridgehead atoms. The minimum Gasteiger partial charge on any atom is -0.495 e. The molecule has 1 fully saturated rings. The van der Waals surface area contributed by atoms with Crippen LogP contribution in [0.2, 0.25) is 0 Å². The fourth-order valence-electron chi connectivity index (χ4n) is 3.41. The van der Waals surface area contributed by atoms with Crippen LogP contribution in [0, 0.1) is 13.8 Å². The predicted octanol–water partition coefficient (Wildman–Crippen LogP) is 2.04. The van der Waals surface area contributed by atoms with E-state index in [-0.39, 0.29) is 17.0 Å². The molecule has 0 radical (unpaired) electrons. The molecule has 1 saturated heterocycles. The Balaban J connectivity index is 2.31. The van der Waals surface area contributed by atoms with Gasteiger partial charge in [-0.15, -0.1) is 0 Å². The Morgan fingerprint density at radius 3 is 2.16 bits per heavy atom. The quantitative estimate of drug-likeness (QED) is 0.767. The summed E-state index contributed by atoms with van der Waals surface area (Å²) in [4.78, 5) is 2.55. The minimum atomic E-state index is -3.60. The first-order valence-corrected chi connectivity index (χ1v) is 10.1. The number of nitrogens with zero attached hydrogens (tertiary/aromatic N) is 2. The average molecular weight is 371 g/mol. The molecule has 0 spiro atoms. The molecule has 0 aliphatic carbocycles. The highest BCUT2D eigenvalue weighted by Crippen LogP contribution is 2.31. The first-order valence-electron chi connectivity index (χ1n) is 8.62. The summed E-state index contributed by atoms with van der Waals surface area (Å²) >= 11 is 0. The van der Waals surface area contributed by atoms with Crippen molar-refractivity contribution in [3.05, 3.63) is 23.3 Å². The maximum absolute atomic E-state index is 13.2. The second-order valence-electron chi connectivity index (χ2n) is 6.84. The number of ether oxygens (including phenoxy) is 2. The van der Waals surface area contributed by atoms with E-state index in [0.29, 0.717) is 25.4 Å².